The van der Waals surface area contributed by atoms with Crippen molar-refractivity contribution in [3.63, 3.8) is 0 Å². The van der Waals surface area contributed by atoms with E-state index in [2.05, 4.69) is 4.72 Å². The SMILES string of the molecule is Cc1ccc(S(=O)(=O)Nc2cc(Cl)c(O)c(Cl)c2C)cc1. The van der Waals surface area contributed by atoms with Crippen LogP contribution in [0.25, 0.3) is 0 Å². The highest BCUT2D eigenvalue weighted by molar-refractivity contribution is 7.92. The van der Waals surface area contributed by atoms with E-state index in [9.17, 15) is 13.5 Å². The number of phenolic OH excluding ortho intramolecular Hbond substituents is 1. The molecule has 2 N–H and O–H groups in total. The highest BCUT2D eigenvalue weighted by Gasteiger charge is 2.18. The lowest BCUT2D eigenvalue weighted by molar-refractivity contribution is 0.475. The average Bonchev–Trinajstić information content (AvgIpc) is 2.42. The van der Waals surface area contributed by atoms with Crippen LogP contribution in [0.4, 0.5) is 5.69 Å². The van der Waals surface area contributed by atoms with Crippen molar-refractivity contribution in [2.75, 3.05) is 4.72 Å². The number of nitrogens with one attached hydrogen (secondary N) is 1. The molecular formula is C14H13Cl2NO3S. The van der Waals surface area contributed by atoms with E-state index in [1.807, 2.05) is 6.92 Å². The third-order valence-corrected chi connectivity index (χ3v) is 5.15. The topological polar surface area (TPSA) is 66.4 Å². The van der Waals surface area contributed by atoms with E-state index >= 15 is 0 Å². The maximum Gasteiger partial charge on any atom is 0.261 e. The lowest BCUT2D eigenvalue weighted by Gasteiger charge is -2.13. The molecule has 0 amide bonds. The zero-order valence-corrected chi connectivity index (χ0v) is 13.6. The molecule has 0 saturated carbocycles. The van der Waals surface area contributed by atoms with E-state index in [0.717, 1.165) is 5.56 Å². The highest BCUT2D eigenvalue weighted by atomic mass is 35.5. The number of hydrogen-bond donors (Lipinski definition) is 2. The van der Waals surface area contributed by atoms with Crippen LogP contribution in [0.1, 0.15) is 11.1 Å². The molecule has 2 rings (SSSR count). The molecule has 21 heavy (non-hydrogen) atoms. The fourth-order valence-corrected chi connectivity index (χ4v) is 3.30. The summed E-state index contributed by atoms with van der Waals surface area (Å²) in [7, 11) is -3.75. The third kappa shape index (κ3) is 3.26. The first kappa shape index (κ1) is 15.9. The Balaban J connectivity index is 2.44. The minimum absolute atomic E-state index is 0.0177. The van der Waals surface area contributed by atoms with E-state index in [1.165, 1.54) is 18.2 Å². The molecule has 7 heteroatoms. The largest absolute Gasteiger partial charge is 0.505 e. The number of phenols is 1. The summed E-state index contributed by atoms with van der Waals surface area (Å²) >= 11 is 11.7. The third-order valence-electron chi connectivity index (χ3n) is 3.01. The van der Waals surface area contributed by atoms with Gasteiger partial charge in [0.05, 0.1) is 20.6 Å². The Morgan fingerprint density at radius 3 is 2.24 bits per heavy atom. The Morgan fingerprint density at radius 2 is 1.67 bits per heavy atom. The molecule has 0 unspecified atom stereocenters. The highest BCUT2D eigenvalue weighted by Crippen LogP contribution is 2.39. The second kappa shape index (κ2) is 5.75. The van der Waals surface area contributed by atoms with Gasteiger partial charge in [-0.2, -0.15) is 0 Å². The van der Waals surface area contributed by atoms with E-state index in [4.69, 9.17) is 23.2 Å². The van der Waals surface area contributed by atoms with Gasteiger partial charge >= 0.3 is 0 Å². The van der Waals surface area contributed by atoms with Crippen LogP contribution >= 0.6 is 23.2 Å². The van der Waals surface area contributed by atoms with E-state index in [1.54, 1.807) is 19.1 Å². The molecular weight excluding hydrogens is 333 g/mol. The monoisotopic (exact) mass is 345 g/mol. The lowest BCUT2D eigenvalue weighted by atomic mass is 10.2. The van der Waals surface area contributed by atoms with Crippen molar-refractivity contribution in [3.05, 3.63) is 51.5 Å². The lowest BCUT2D eigenvalue weighted by Crippen LogP contribution is -2.14. The summed E-state index contributed by atoms with van der Waals surface area (Å²) in [4.78, 5) is 0.132. The first-order valence-corrected chi connectivity index (χ1v) is 8.23. The Hall–Kier alpha value is -1.43. The fraction of sp³-hybridized carbons (Fsp3) is 0.143. The number of sulfonamides is 1. The van der Waals surface area contributed by atoms with Crippen molar-refractivity contribution < 1.29 is 13.5 Å². The molecule has 0 radical (unpaired) electrons. The molecule has 0 aliphatic carbocycles. The molecule has 0 fully saturated rings. The maximum absolute atomic E-state index is 12.3. The molecule has 2 aromatic rings. The summed E-state index contributed by atoms with van der Waals surface area (Å²) in [5, 5.41) is 9.61. The zero-order chi connectivity index (χ0) is 15.8. The Labute approximate surface area is 133 Å². The van der Waals surface area contributed by atoms with Crippen molar-refractivity contribution in [2.45, 2.75) is 18.7 Å². The molecule has 112 valence electrons. The minimum atomic E-state index is -3.75. The summed E-state index contributed by atoms with van der Waals surface area (Å²) in [6, 6.07) is 7.76. The Kier molecular flexibility index (Phi) is 4.37. The Bertz CT molecular complexity index is 787. The van der Waals surface area contributed by atoms with Crippen molar-refractivity contribution in [1.82, 2.24) is 0 Å². The number of halogens is 2. The van der Waals surface area contributed by atoms with E-state index in [-0.39, 0.29) is 26.4 Å². The van der Waals surface area contributed by atoms with Crippen LogP contribution in [0, 0.1) is 13.8 Å². The van der Waals surface area contributed by atoms with Crippen LogP contribution in [0.5, 0.6) is 5.75 Å². The van der Waals surface area contributed by atoms with Gasteiger partial charge in [-0.15, -0.1) is 0 Å². The predicted molar refractivity (Wildman–Crippen MR) is 84.9 cm³/mol. The summed E-state index contributed by atoms with van der Waals surface area (Å²) in [5.41, 5.74) is 1.58. The van der Waals surface area contributed by atoms with Crippen LogP contribution in [0.2, 0.25) is 10.0 Å². The molecule has 0 aliphatic rings. The van der Waals surface area contributed by atoms with Gasteiger partial charge in [0.25, 0.3) is 10.0 Å². The molecule has 2 aromatic carbocycles. The first-order chi connectivity index (χ1) is 9.72. The number of anilines is 1. The van der Waals surface area contributed by atoms with Gasteiger partial charge in [-0.25, -0.2) is 8.42 Å². The van der Waals surface area contributed by atoms with Crippen molar-refractivity contribution in [1.29, 1.82) is 0 Å². The molecule has 4 nitrogen and oxygen atoms in total. The molecule has 0 bridgehead atoms. The number of aromatic hydroxyl groups is 1. The van der Waals surface area contributed by atoms with Gasteiger partial charge in [-0.1, -0.05) is 40.9 Å². The number of rotatable bonds is 3. The van der Waals surface area contributed by atoms with Crippen LogP contribution in [-0.2, 0) is 10.0 Å². The van der Waals surface area contributed by atoms with Crippen molar-refractivity contribution >= 4 is 38.9 Å². The second-order valence-electron chi connectivity index (χ2n) is 4.61. The summed E-state index contributed by atoms with van der Waals surface area (Å²) in [6.45, 7) is 3.46. The van der Waals surface area contributed by atoms with Gasteiger partial charge in [0.1, 0.15) is 0 Å². The second-order valence-corrected chi connectivity index (χ2v) is 7.08. The van der Waals surface area contributed by atoms with Gasteiger partial charge in [-0.3, -0.25) is 4.72 Å². The van der Waals surface area contributed by atoms with Crippen molar-refractivity contribution in [3.8, 4) is 5.75 Å². The van der Waals surface area contributed by atoms with Crippen LogP contribution in [-0.4, -0.2) is 13.5 Å². The molecule has 0 heterocycles. The van der Waals surface area contributed by atoms with Crippen LogP contribution in [0.3, 0.4) is 0 Å². The van der Waals surface area contributed by atoms with Crippen LogP contribution < -0.4 is 4.72 Å². The number of benzene rings is 2. The molecule has 0 spiro atoms. The predicted octanol–water partition coefficient (Wildman–Crippen LogP) is 4.12. The number of aryl methyl sites for hydroxylation is 1. The van der Waals surface area contributed by atoms with Gasteiger partial charge in [0.15, 0.2) is 5.75 Å². The molecule has 0 atom stereocenters. The molecule has 0 aromatic heterocycles. The van der Waals surface area contributed by atoms with Gasteiger partial charge in [0, 0.05) is 0 Å². The first-order valence-electron chi connectivity index (χ1n) is 5.99. The standard InChI is InChI=1S/C14H13Cl2NO3S/c1-8-3-5-10(6-4-8)21(19,20)17-12-7-11(15)14(18)13(16)9(12)2/h3-7,17-18H,1-2H3. The Morgan fingerprint density at radius 1 is 1.10 bits per heavy atom. The molecule has 0 saturated heterocycles. The van der Waals surface area contributed by atoms with E-state index < -0.39 is 10.0 Å². The minimum Gasteiger partial charge on any atom is -0.505 e. The van der Waals surface area contributed by atoms with E-state index in [0.29, 0.717) is 5.56 Å². The quantitative estimate of drug-likeness (QED) is 0.822. The average molecular weight is 346 g/mol. The zero-order valence-electron chi connectivity index (χ0n) is 11.3. The summed E-state index contributed by atoms with van der Waals surface area (Å²) in [5.74, 6) is -0.269. The summed E-state index contributed by atoms with van der Waals surface area (Å²) in [6.07, 6.45) is 0. The normalized spacial score (nSPS) is 11.4. The van der Waals surface area contributed by atoms with Gasteiger partial charge in [0.2, 0.25) is 0 Å². The fourth-order valence-electron chi connectivity index (χ4n) is 1.73. The van der Waals surface area contributed by atoms with Crippen LogP contribution in [0.15, 0.2) is 35.2 Å². The maximum atomic E-state index is 12.3. The van der Waals surface area contributed by atoms with Gasteiger partial charge < -0.3 is 5.11 Å². The number of hydrogen-bond acceptors (Lipinski definition) is 3. The molecule has 0 aliphatic heterocycles. The van der Waals surface area contributed by atoms with Crippen molar-refractivity contribution in [2.24, 2.45) is 0 Å². The summed E-state index contributed by atoms with van der Waals surface area (Å²) < 4.78 is 27.0. The van der Waals surface area contributed by atoms with Gasteiger partial charge in [-0.05, 0) is 37.6 Å². The smallest absolute Gasteiger partial charge is 0.261 e.